The molecule has 2 heterocycles. The van der Waals surface area contributed by atoms with Crippen molar-refractivity contribution in [3.05, 3.63) is 71.5 Å². The molecule has 0 bridgehead atoms. The van der Waals surface area contributed by atoms with Gasteiger partial charge >= 0.3 is 0 Å². The SMILES string of the molecule is CCCC1CN(S(=O)(=O)c2ccccc2)Cc2c(C)cccc2N1Cc1c[nH]n1C.[HH]. The first kappa shape index (κ1) is 20.8. The molecular weight excluding hydrogens is 396 g/mol. The topological polar surface area (TPSA) is 61.3 Å². The average Bonchev–Trinajstić information content (AvgIpc) is 2.90. The maximum absolute atomic E-state index is 13.5. The molecule has 3 aromatic rings. The summed E-state index contributed by atoms with van der Waals surface area (Å²) >= 11 is 0. The molecule has 1 atom stereocenters. The third-order valence-corrected chi connectivity index (χ3v) is 7.90. The van der Waals surface area contributed by atoms with Crippen LogP contribution >= 0.6 is 0 Å². The van der Waals surface area contributed by atoms with E-state index in [4.69, 9.17) is 0 Å². The van der Waals surface area contributed by atoms with Crippen molar-refractivity contribution in [1.29, 1.82) is 0 Å². The number of hydrogen-bond donors (Lipinski definition) is 1. The molecule has 0 amide bonds. The van der Waals surface area contributed by atoms with Crippen LogP contribution in [0.3, 0.4) is 0 Å². The number of anilines is 1. The van der Waals surface area contributed by atoms with Gasteiger partial charge in [0.1, 0.15) is 0 Å². The van der Waals surface area contributed by atoms with Crippen molar-refractivity contribution >= 4 is 15.7 Å². The summed E-state index contributed by atoms with van der Waals surface area (Å²) in [5.41, 5.74) is 4.55. The molecule has 0 aliphatic carbocycles. The second-order valence-corrected chi connectivity index (χ2v) is 10.0. The molecule has 1 aliphatic heterocycles. The van der Waals surface area contributed by atoms with Gasteiger partial charge in [-0.15, -0.1) is 0 Å². The molecule has 2 aromatic carbocycles. The smallest absolute Gasteiger partial charge is 0.243 e. The Labute approximate surface area is 180 Å². The van der Waals surface area contributed by atoms with Gasteiger partial charge in [-0.25, -0.2) is 8.42 Å². The van der Waals surface area contributed by atoms with Crippen LogP contribution in [0.4, 0.5) is 5.69 Å². The highest BCUT2D eigenvalue weighted by atomic mass is 32.2. The summed E-state index contributed by atoms with van der Waals surface area (Å²) < 4.78 is 30.8. The summed E-state index contributed by atoms with van der Waals surface area (Å²) in [6.07, 6.45) is 3.94. The molecule has 0 spiro atoms. The lowest BCUT2D eigenvalue weighted by atomic mass is 10.0. The molecule has 7 heteroatoms. The fraction of sp³-hybridized carbons (Fsp3) is 0.391. The van der Waals surface area contributed by atoms with Crippen molar-refractivity contribution in [2.24, 2.45) is 7.05 Å². The first-order valence-electron chi connectivity index (χ1n) is 10.5. The van der Waals surface area contributed by atoms with E-state index in [1.165, 1.54) is 5.69 Å². The summed E-state index contributed by atoms with van der Waals surface area (Å²) in [5, 5.41) is 3.14. The van der Waals surface area contributed by atoms with E-state index in [-0.39, 0.29) is 7.47 Å². The number of nitrogens with zero attached hydrogens (tertiary/aromatic N) is 3. The molecule has 1 unspecified atom stereocenters. The number of rotatable bonds is 6. The normalized spacial score (nSPS) is 17.7. The molecule has 4 rings (SSSR count). The van der Waals surface area contributed by atoms with Gasteiger partial charge in [0, 0.05) is 39.5 Å². The van der Waals surface area contributed by atoms with Gasteiger partial charge in [-0.2, -0.15) is 4.31 Å². The molecule has 162 valence electrons. The Hall–Kier alpha value is -2.51. The molecule has 0 fully saturated rings. The third-order valence-electron chi connectivity index (χ3n) is 6.08. The average molecular weight is 429 g/mol. The van der Waals surface area contributed by atoms with Crippen molar-refractivity contribution in [3.8, 4) is 0 Å². The number of H-pyrrole nitrogens is 1. The Kier molecular flexibility index (Phi) is 5.75. The van der Waals surface area contributed by atoms with Gasteiger partial charge in [0.15, 0.2) is 0 Å². The standard InChI is InChI=1S/C23H30N4O2S.H2/c1-4-9-19-15-26(30(28,29)21-11-6-5-7-12-21)17-22-18(2)10-8-13-23(22)27(19)16-20-14-24-25(20)3;/h5-8,10-14,19,24H,4,9,15-17H2,1-3H3;1H. The van der Waals surface area contributed by atoms with Gasteiger partial charge in [-0.05, 0) is 42.7 Å². The predicted octanol–water partition coefficient (Wildman–Crippen LogP) is 4.29. The minimum Gasteiger partial charge on any atom is -0.361 e. The monoisotopic (exact) mass is 428 g/mol. The molecule has 0 saturated carbocycles. The fourth-order valence-electron chi connectivity index (χ4n) is 4.26. The summed E-state index contributed by atoms with van der Waals surface area (Å²) in [6, 6.07) is 15.2. The van der Waals surface area contributed by atoms with Crippen molar-refractivity contribution in [2.45, 2.75) is 50.7 Å². The second kappa shape index (κ2) is 8.32. The quantitative estimate of drug-likeness (QED) is 0.637. The number of sulfonamides is 1. The van der Waals surface area contributed by atoms with Crippen molar-refractivity contribution in [2.75, 3.05) is 11.4 Å². The Balaban J connectivity index is 0.00000272. The maximum atomic E-state index is 13.5. The summed E-state index contributed by atoms with van der Waals surface area (Å²) in [4.78, 5) is 2.75. The zero-order chi connectivity index (χ0) is 21.3. The van der Waals surface area contributed by atoms with Crippen LogP contribution in [0, 0.1) is 6.92 Å². The van der Waals surface area contributed by atoms with Gasteiger partial charge in [0.25, 0.3) is 0 Å². The van der Waals surface area contributed by atoms with Crippen molar-refractivity contribution in [3.63, 3.8) is 0 Å². The molecule has 6 nitrogen and oxygen atoms in total. The molecular formula is C23H32N4O2S. The second-order valence-electron chi connectivity index (χ2n) is 8.08. The predicted molar refractivity (Wildman–Crippen MR) is 122 cm³/mol. The van der Waals surface area contributed by atoms with E-state index in [0.717, 1.165) is 36.2 Å². The van der Waals surface area contributed by atoms with E-state index in [2.05, 4.69) is 42.0 Å². The Morgan fingerprint density at radius 3 is 2.53 bits per heavy atom. The highest BCUT2D eigenvalue weighted by Crippen LogP contribution is 2.35. The van der Waals surface area contributed by atoms with E-state index in [0.29, 0.717) is 18.0 Å². The number of fused-ring (bicyclic) bond motifs is 1. The Morgan fingerprint density at radius 2 is 1.90 bits per heavy atom. The number of aromatic amines is 1. The van der Waals surface area contributed by atoms with Crippen LogP contribution < -0.4 is 4.90 Å². The highest BCUT2D eigenvalue weighted by Gasteiger charge is 2.35. The molecule has 1 aromatic heterocycles. The van der Waals surface area contributed by atoms with Gasteiger partial charge in [-0.3, -0.25) is 4.68 Å². The first-order chi connectivity index (χ1) is 14.4. The van der Waals surface area contributed by atoms with E-state index >= 15 is 0 Å². The minimum atomic E-state index is -3.58. The number of aryl methyl sites for hydroxylation is 2. The number of nitrogens with one attached hydrogen (secondary N) is 1. The van der Waals surface area contributed by atoms with E-state index in [1.54, 1.807) is 28.6 Å². The lowest BCUT2D eigenvalue weighted by Crippen LogP contribution is -2.44. The van der Waals surface area contributed by atoms with Crippen LogP contribution in [0.15, 0.2) is 59.6 Å². The van der Waals surface area contributed by atoms with Gasteiger partial charge < -0.3 is 10.00 Å². The van der Waals surface area contributed by atoms with Gasteiger partial charge in [0.2, 0.25) is 10.0 Å². The number of benzene rings is 2. The molecule has 1 N–H and O–H groups in total. The van der Waals surface area contributed by atoms with Crippen LogP contribution in [-0.4, -0.2) is 35.1 Å². The maximum Gasteiger partial charge on any atom is 0.243 e. The van der Waals surface area contributed by atoms with Gasteiger partial charge in [0.05, 0.1) is 17.1 Å². The lowest BCUT2D eigenvalue weighted by molar-refractivity contribution is 0.367. The fourth-order valence-corrected chi connectivity index (χ4v) is 5.73. The van der Waals surface area contributed by atoms with Crippen LogP contribution in [0.1, 0.15) is 38.0 Å². The number of aromatic nitrogens is 2. The summed E-state index contributed by atoms with van der Waals surface area (Å²) in [5.74, 6) is 0. The Bertz CT molecular complexity index is 1110. The molecule has 1 aliphatic rings. The zero-order valence-electron chi connectivity index (χ0n) is 17.9. The summed E-state index contributed by atoms with van der Waals surface area (Å²) in [6.45, 7) is 5.85. The van der Waals surface area contributed by atoms with Crippen molar-refractivity contribution < 1.29 is 9.84 Å². The first-order valence-corrected chi connectivity index (χ1v) is 11.9. The van der Waals surface area contributed by atoms with Crippen LogP contribution in [0.5, 0.6) is 0 Å². The zero-order valence-corrected chi connectivity index (χ0v) is 18.7. The van der Waals surface area contributed by atoms with E-state index < -0.39 is 10.0 Å². The lowest BCUT2D eigenvalue weighted by Gasteiger charge is -2.35. The van der Waals surface area contributed by atoms with Crippen LogP contribution in [-0.2, 0) is 30.2 Å². The Morgan fingerprint density at radius 1 is 1.13 bits per heavy atom. The molecule has 30 heavy (non-hydrogen) atoms. The van der Waals surface area contributed by atoms with E-state index in [1.807, 2.05) is 24.0 Å². The van der Waals surface area contributed by atoms with Crippen LogP contribution in [0.2, 0.25) is 0 Å². The highest BCUT2D eigenvalue weighted by molar-refractivity contribution is 7.89. The van der Waals surface area contributed by atoms with Crippen LogP contribution in [0.25, 0.3) is 0 Å². The molecule has 0 saturated heterocycles. The van der Waals surface area contributed by atoms with E-state index in [9.17, 15) is 8.42 Å². The largest absolute Gasteiger partial charge is 0.361 e. The van der Waals surface area contributed by atoms with Crippen molar-refractivity contribution in [1.82, 2.24) is 14.1 Å². The third kappa shape index (κ3) is 3.79. The minimum absolute atomic E-state index is 0. The number of hydrogen-bond acceptors (Lipinski definition) is 3. The van der Waals surface area contributed by atoms with Gasteiger partial charge in [-0.1, -0.05) is 43.7 Å². The summed E-state index contributed by atoms with van der Waals surface area (Å²) in [7, 11) is -1.58. The molecule has 0 radical (unpaired) electrons.